The summed E-state index contributed by atoms with van der Waals surface area (Å²) in [5.41, 5.74) is 2.82. The Morgan fingerprint density at radius 1 is 0.567 bits per heavy atom. The van der Waals surface area contributed by atoms with Crippen LogP contribution in [-0.2, 0) is 13.1 Å². The van der Waals surface area contributed by atoms with Crippen LogP contribution < -0.4 is 10.6 Å². The van der Waals surface area contributed by atoms with Gasteiger partial charge in [-0.25, -0.2) is 9.97 Å². The van der Waals surface area contributed by atoms with Crippen molar-refractivity contribution in [3.63, 3.8) is 0 Å². The maximum Gasteiger partial charge on any atom is 0.179 e. The lowest BCUT2D eigenvalue weighted by atomic mass is 10.1. The van der Waals surface area contributed by atoms with E-state index in [-0.39, 0.29) is 11.4 Å². The number of hydrogen-bond donors (Lipinski definition) is 2. The number of benzene rings is 2. The minimum Gasteiger partial charge on any atom is -0.363 e. The van der Waals surface area contributed by atoms with Crippen molar-refractivity contribution in [3.8, 4) is 24.3 Å². The summed E-state index contributed by atoms with van der Waals surface area (Å²) in [4.78, 5) is 8.47. The largest absolute Gasteiger partial charge is 0.363 e. The predicted octanol–water partition coefficient (Wildman–Crippen LogP) is 3.19. The van der Waals surface area contributed by atoms with Gasteiger partial charge in [-0.1, -0.05) is 24.3 Å². The van der Waals surface area contributed by atoms with Gasteiger partial charge >= 0.3 is 0 Å². The average molecular weight is 390 g/mol. The van der Waals surface area contributed by atoms with Crippen LogP contribution >= 0.6 is 0 Å². The van der Waals surface area contributed by atoms with Crippen LogP contribution in [0.4, 0.5) is 11.6 Å². The van der Waals surface area contributed by atoms with Gasteiger partial charge < -0.3 is 10.6 Å². The highest BCUT2D eigenvalue weighted by atomic mass is 15.1. The first-order valence-electron chi connectivity index (χ1n) is 8.85. The molecule has 0 unspecified atom stereocenters. The topological polar surface area (TPSA) is 145 Å². The summed E-state index contributed by atoms with van der Waals surface area (Å²) in [5, 5.41) is 42.6. The fourth-order valence-corrected chi connectivity index (χ4v) is 2.60. The first kappa shape index (κ1) is 19.8. The van der Waals surface area contributed by atoms with E-state index in [1.165, 1.54) is 0 Å². The summed E-state index contributed by atoms with van der Waals surface area (Å²) in [6.45, 7) is 0.783. The lowest BCUT2D eigenvalue weighted by Gasteiger charge is -2.13. The van der Waals surface area contributed by atoms with Gasteiger partial charge in [-0.2, -0.15) is 21.0 Å². The minimum atomic E-state index is -0.0660. The molecule has 8 heteroatoms. The number of hydrogen-bond acceptors (Lipinski definition) is 8. The van der Waals surface area contributed by atoms with E-state index in [9.17, 15) is 10.5 Å². The summed E-state index contributed by atoms with van der Waals surface area (Å²) >= 11 is 0. The fourth-order valence-electron chi connectivity index (χ4n) is 2.60. The molecule has 1 heterocycles. The molecule has 0 atom stereocenters. The molecular weight excluding hydrogens is 376 g/mol. The molecule has 2 N–H and O–H groups in total. The third kappa shape index (κ3) is 4.67. The Hall–Kier alpha value is -4.92. The van der Waals surface area contributed by atoms with Gasteiger partial charge in [-0.3, -0.25) is 0 Å². The molecule has 0 radical (unpaired) electrons. The van der Waals surface area contributed by atoms with Crippen LogP contribution in [0.3, 0.4) is 0 Å². The Kier molecular flexibility index (Phi) is 6.17. The second-order valence-corrected chi connectivity index (χ2v) is 6.17. The van der Waals surface area contributed by atoms with Crippen LogP contribution in [0.5, 0.6) is 0 Å². The number of anilines is 2. The highest BCUT2D eigenvalue weighted by Crippen LogP contribution is 2.21. The molecular formula is C22H14N8. The Morgan fingerprint density at radius 3 is 1.23 bits per heavy atom. The van der Waals surface area contributed by atoms with Gasteiger partial charge in [-0.05, 0) is 35.4 Å². The normalized spacial score (nSPS) is 9.47. The molecule has 0 aliphatic carbocycles. The molecule has 0 spiro atoms. The van der Waals surface area contributed by atoms with Crippen molar-refractivity contribution >= 4 is 11.6 Å². The zero-order valence-electron chi connectivity index (χ0n) is 15.7. The third-order valence-electron chi connectivity index (χ3n) is 4.19. The van der Waals surface area contributed by atoms with Crippen molar-refractivity contribution in [1.82, 2.24) is 9.97 Å². The fraction of sp³-hybridized carbons (Fsp3) is 0.0909. The number of rotatable bonds is 6. The first-order chi connectivity index (χ1) is 14.7. The Labute approximate surface area is 173 Å². The molecule has 142 valence electrons. The van der Waals surface area contributed by atoms with Crippen molar-refractivity contribution in [3.05, 3.63) is 82.2 Å². The lowest BCUT2D eigenvalue weighted by molar-refractivity contribution is 1.03. The van der Waals surface area contributed by atoms with Crippen molar-refractivity contribution in [2.45, 2.75) is 13.1 Å². The highest BCUT2D eigenvalue weighted by molar-refractivity contribution is 5.62. The summed E-state index contributed by atoms with van der Waals surface area (Å²) in [6, 6.07) is 22.0. The van der Waals surface area contributed by atoms with Crippen LogP contribution in [0, 0.1) is 45.3 Å². The van der Waals surface area contributed by atoms with E-state index in [2.05, 4.69) is 32.7 Å². The van der Waals surface area contributed by atoms with Gasteiger partial charge in [0.2, 0.25) is 0 Å². The van der Waals surface area contributed by atoms with Gasteiger partial charge in [0, 0.05) is 13.1 Å². The van der Waals surface area contributed by atoms with Crippen molar-refractivity contribution in [2.75, 3.05) is 10.6 Å². The molecule has 0 fully saturated rings. The quantitative estimate of drug-likeness (QED) is 0.652. The van der Waals surface area contributed by atoms with Crippen LogP contribution in [0.25, 0.3) is 0 Å². The average Bonchev–Trinajstić information content (AvgIpc) is 2.81. The summed E-state index contributed by atoms with van der Waals surface area (Å²) < 4.78 is 0. The summed E-state index contributed by atoms with van der Waals surface area (Å²) in [7, 11) is 0. The standard InChI is InChI=1S/C22H14N8/c23-9-15-1-5-17(6-2-15)13-27-21-22(30-20(12-26)19(11-25)29-21)28-14-18-7-3-16(10-24)4-8-18/h1-8H,13-14H2,(H,27,29)(H,28,30). The van der Waals surface area contributed by atoms with Crippen molar-refractivity contribution in [2.24, 2.45) is 0 Å². The SMILES string of the molecule is N#Cc1ccc(CNc2nc(C#N)c(C#N)nc2NCc2ccc(C#N)cc2)cc1. The molecule has 0 aliphatic rings. The molecule has 0 saturated carbocycles. The number of nitrogens with one attached hydrogen (secondary N) is 2. The van der Waals surface area contributed by atoms with Crippen molar-refractivity contribution in [1.29, 1.82) is 21.0 Å². The lowest BCUT2D eigenvalue weighted by Crippen LogP contribution is -2.11. The smallest absolute Gasteiger partial charge is 0.179 e. The molecule has 0 amide bonds. The van der Waals surface area contributed by atoms with Crippen LogP contribution in [0.1, 0.15) is 33.6 Å². The van der Waals surface area contributed by atoms with E-state index >= 15 is 0 Å². The second-order valence-electron chi connectivity index (χ2n) is 6.17. The monoisotopic (exact) mass is 390 g/mol. The zero-order valence-corrected chi connectivity index (χ0v) is 15.7. The molecule has 1 aromatic heterocycles. The number of aromatic nitrogens is 2. The zero-order chi connectivity index (χ0) is 21.3. The predicted molar refractivity (Wildman–Crippen MR) is 108 cm³/mol. The molecule has 0 saturated heterocycles. The molecule has 3 rings (SSSR count). The van der Waals surface area contributed by atoms with Crippen LogP contribution in [-0.4, -0.2) is 9.97 Å². The Morgan fingerprint density at radius 2 is 0.933 bits per heavy atom. The Bertz CT molecular complexity index is 1120. The molecule has 2 aromatic carbocycles. The van der Waals surface area contributed by atoms with Gasteiger partial charge in [0.25, 0.3) is 0 Å². The van der Waals surface area contributed by atoms with Crippen LogP contribution in [0.15, 0.2) is 48.5 Å². The number of nitriles is 4. The molecule has 8 nitrogen and oxygen atoms in total. The van der Waals surface area contributed by atoms with E-state index in [0.717, 1.165) is 11.1 Å². The van der Waals surface area contributed by atoms with Gasteiger partial charge in [0.1, 0.15) is 12.1 Å². The third-order valence-corrected chi connectivity index (χ3v) is 4.19. The van der Waals surface area contributed by atoms with Gasteiger partial charge in [-0.15, -0.1) is 0 Å². The molecule has 0 bridgehead atoms. The summed E-state index contributed by atoms with van der Waals surface area (Å²) in [6.07, 6.45) is 0. The highest BCUT2D eigenvalue weighted by Gasteiger charge is 2.13. The van der Waals surface area contributed by atoms with Crippen LogP contribution in [0.2, 0.25) is 0 Å². The van der Waals surface area contributed by atoms with E-state index in [0.29, 0.717) is 35.9 Å². The first-order valence-corrected chi connectivity index (χ1v) is 8.85. The maximum atomic E-state index is 9.26. The van der Waals surface area contributed by atoms with E-state index in [1.54, 1.807) is 24.3 Å². The van der Waals surface area contributed by atoms with Crippen molar-refractivity contribution < 1.29 is 0 Å². The molecule has 3 aromatic rings. The second kappa shape index (κ2) is 9.33. The maximum absolute atomic E-state index is 9.26. The van der Waals surface area contributed by atoms with E-state index in [1.807, 2.05) is 36.4 Å². The van der Waals surface area contributed by atoms with E-state index < -0.39 is 0 Å². The number of nitrogens with zero attached hydrogens (tertiary/aromatic N) is 6. The minimum absolute atomic E-state index is 0.0660. The molecule has 0 aliphatic heterocycles. The van der Waals surface area contributed by atoms with E-state index in [4.69, 9.17) is 10.5 Å². The molecule has 30 heavy (non-hydrogen) atoms. The summed E-state index contributed by atoms with van der Waals surface area (Å²) in [5.74, 6) is 0.673. The van der Waals surface area contributed by atoms with Gasteiger partial charge in [0.05, 0.1) is 23.3 Å². The van der Waals surface area contributed by atoms with Gasteiger partial charge in [0.15, 0.2) is 23.0 Å². The Balaban J connectivity index is 1.82.